The van der Waals surface area contributed by atoms with E-state index < -0.39 is 5.60 Å². The number of hydrogen-bond acceptors (Lipinski definition) is 6. The molecular formula is C27H31NO6. The Kier molecular flexibility index (Phi) is 6.13. The second-order valence-electron chi connectivity index (χ2n) is 9.29. The molecule has 1 saturated heterocycles. The van der Waals surface area contributed by atoms with Gasteiger partial charge in [-0.3, -0.25) is 4.79 Å². The molecule has 0 unspecified atom stereocenters. The van der Waals surface area contributed by atoms with E-state index in [4.69, 9.17) is 14.2 Å². The number of hydrogen-bond donors (Lipinski definition) is 2. The number of carbonyl (C=O) groups is 1. The van der Waals surface area contributed by atoms with Crippen molar-refractivity contribution >= 4 is 12.0 Å². The van der Waals surface area contributed by atoms with E-state index in [0.717, 1.165) is 36.8 Å². The van der Waals surface area contributed by atoms with E-state index in [9.17, 15) is 15.0 Å². The number of ether oxygens (including phenoxy) is 3. The molecular weight excluding hydrogens is 434 g/mol. The zero-order chi connectivity index (χ0) is 23.7. The van der Waals surface area contributed by atoms with Gasteiger partial charge in [-0.25, -0.2) is 0 Å². The fraction of sp³-hybridized carbons (Fsp3) is 0.444. The highest BCUT2D eigenvalue weighted by atomic mass is 16.7. The van der Waals surface area contributed by atoms with E-state index in [2.05, 4.69) is 0 Å². The number of piperidine rings is 1. The molecule has 180 valence electrons. The molecule has 1 saturated carbocycles. The summed E-state index contributed by atoms with van der Waals surface area (Å²) in [6.07, 6.45) is 7.55. The average Bonchev–Trinajstić information content (AvgIpc) is 3.31. The van der Waals surface area contributed by atoms with Crippen molar-refractivity contribution in [1.82, 2.24) is 4.90 Å². The van der Waals surface area contributed by atoms with Crippen LogP contribution in [0.3, 0.4) is 0 Å². The van der Waals surface area contributed by atoms with Crippen LogP contribution in [0, 0.1) is 5.92 Å². The van der Waals surface area contributed by atoms with Crippen molar-refractivity contribution in [3.05, 3.63) is 53.6 Å². The number of phenolic OH excluding ortho intramolecular Hbond substituents is 1. The van der Waals surface area contributed by atoms with E-state index in [1.165, 1.54) is 0 Å². The topological polar surface area (TPSA) is 88.5 Å². The summed E-state index contributed by atoms with van der Waals surface area (Å²) in [5, 5.41) is 21.7. The lowest BCUT2D eigenvalue weighted by atomic mass is 9.66. The van der Waals surface area contributed by atoms with Crippen molar-refractivity contribution in [2.75, 3.05) is 19.9 Å². The molecule has 0 radical (unpaired) electrons. The molecule has 0 aromatic heterocycles. The molecule has 1 aliphatic carbocycles. The Hall–Kier alpha value is -3.19. The summed E-state index contributed by atoms with van der Waals surface area (Å²) < 4.78 is 16.4. The first-order valence-corrected chi connectivity index (χ1v) is 12.0. The van der Waals surface area contributed by atoms with Crippen molar-refractivity contribution in [2.24, 2.45) is 5.92 Å². The number of phenols is 1. The van der Waals surface area contributed by atoms with Gasteiger partial charge in [0.15, 0.2) is 23.0 Å². The number of aliphatic hydroxyl groups is 1. The van der Waals surface area contributed by atoms with Crippen LogP contribution in [0.25, 0.3) is 6.08 Å². The molecule has 2 N–H and O–H groups in total. The monoisotopic (exact) mass is 465 g/mol. The average molecular weight is 466 g/mol. The molecule has 7 nitrogen and oxygen atoms in total. The van der Waals surface area contributed by atoms with Gasteiger partial charge in [0, 0.05) is 18.5 Å². The van der Waals surface area contributed by atoms with Crippen LogP contribution in [0.2, 0.25) is 0 Å². The Morgan fingerprint density at radius 1 is 1.18 bits per heavy atom. The van der Waals surface area contributed by atoms with E-state index in [1.807, 2.05) is 42.2 Å². The Balaban J connectivity index is 1.46. The lowest BCUT2D eigenvalue weighted by Crippen LogP contribution is -2.56. The first-order chi connectivity index (χ1) is 16.5. The third kappa shape index (κ3) is 4.20. The summed E-state index contributed by atoms with van der Waals surface area (Å²) in [6, 6.07) is 10.5. The number of amides is 1. The molecule has 7 heteroatoms. The minimum atomic E-state index is -0.787. The normalized spacial score (nSPS) is 25.9. The second kappa shape index (κ2) is 9.22. The van der Waals surface area contributed by atoms with E-state index in [0.29, 0.717) is 36.8 Å². The maximum Gasteiger partial charge on any atom is 0.247 e. The van der Waals surface area contributed by atoms with Gasteiger partial charge in [0.2, 0.25) is 12.7 Å². The van der Waals surface area contributed by atoms with Gasteiger partial charge in [-0.05, 0) is 67.7 Å². The SMILES string of the molecule is CCOc1cc([C@H]2[C@@H]3CCCC[C@]3(O)CCN2C(=O)/C=C/c2ccc3c(c2)OCO3)ccc1O. The Morgan fingerprint density at radius 2 is 2.03 bits per heavy atom. The lowest BCUT2D eigenvalue weighted by Gasteiger charge is -2.52. The molecule has 5 rings (SSSR count). The molecule has 2 fully saturated rings. The number of likely N-dealkylation sites (tertiary alicyclic amines) is 1. The molecule has 2 aromatic rings. The highest BCUT2D eigenvalue weighted by Crippen LogP contribution is 2.50. The van der Waals surface area contributed by atoms with Gasteiger partial charge in [-0.15, -0.1) is 0 Å². The smallest absolute Gasteiger partial charge is 0.247 e. The van der Waals surface area contributed by atoms with Gasteiger partial charge in [-0.1, -0.05) is 25.0 Å². The van der Waals surface area contributed by atoms with Gasteiger partial charge >= 0.3 is 0 Å². The third-order valence-corrected chi connectivity index (χ3v) is 7.29. The van der Waals surface area contributed by atoms with Gasteiger partial charge < -0.3 is 29.3 Å². The summed E-state index contributed by atoms with van der Waals surface area (Å²) in [4.78, 5) is 15.3. The van der Waals surface area contributed by atoms with Crippen LogP contribution in [0.5, 0.6) is 23.0 Å². The van der Waals surface area contributed by atoms with Crippen molar-refractivity contribution < 1.29 is 29.2 Å². The van der Waals surface area contributed by atoms with Gasteiger partial charge in [-0.2, -0.15) is 0 Å². The molecule has 2 heterocycles. The van der Waals surface area contributed by atoms with Gasteiger partial charge in [0.1, 0.15) is 0 Å². The second-order valence-corrected chi connectivity index (χ2v) is 9.29. The van der Waals surface area contributed by atoms with Gasteiger partial charge in [0.25, 0.3) is 0 Å². The third-order valence-electron chi connectivity index (χ3n) is 7.29. The summed E-state index contributed by atoms with van der Waals surface area (Å²) >= 11 is 0. The number of aromatic hydroxyl groups is 1. The van der Waals surface area contributed by atoms with Crippen LogP contribution >= 0.6 is 0 Å². The largest absolute Gasteiger partial charge is 0.504 e. The van der Waals surface area contributed by atoms with E-state index in [1.54, 1.807) is 18.2 Å². The molecule has 0 spiro atoms. The molecule has 3 aliphatic rings. The minimum Gasteiger partial charge on any atom is -0.504 e. The predicted octanol–water partition coefficient (Wildman–Crippen LogP) is 4.43. The fourth-order valence-electron chi connectivity index (χ4n) is 5.61. The number of nitrogens with zero attached hydrogens (tertiary/aromatic N) is 1. The van der Waals surface area contributed by atoms with Crippen molar-refractivity contribution in [3.63, 3.8) is 0 Å². The zero-order valence-electron chi connectivity index (χ0n) is 19.4. The van der Waals surface area contributed by atoms with Crippen LogP contribution in [0.1, 0.15) is 56.2 Å². The molecule has 34 heavy (non-hydrogen) atoms. The summed E-state index contributed by atoms with van der Waals surface area (Å²) in [5.41, 5.74) is 0.935. The number of fused-ring (bicyclic) bond motifs is 2. The first kappa shape index (κ1) is 22.6. The van der Waals surface area contributed by atoms with Crippen LogP contribution in [0.4, 0.5) is 0 Å². The quantitative estimate of drug-likeness (QED) is 0.636. The Morgan fingerprint density at radius 3 is 2.88 bits per heavy atom. The highest BCUT2D eigenvalue weighted by molar-refractivity contribution is 5.92. The van der Waals surface area contributed by atoms with Crippen LogP contribution in [-0.2, 0) is 4.79 Å². The number of benzene rings is 2. The predicted molar refractivity (Wildman–Crippen MR) is 127 cm³/mol. The molecule has 0 bridgehead atoms. The number of rotatable bonds is 5. The first-order valence-electron chi connectivity index (χ1n) is 12.0. The lowest BCUT2D eigenvalue weighted by molar-refractivity contribution is -0.150. The number of carbonyl (C=O) groups excluding carboxylic acids is 1. The molecule has 2 aliphatic heterocycles. The summed E-state index contributed by atoms with van der Waals surface area (Å²) in [5.74, 6) is 1.66. The Bertz CT molecular complexity index is 1100. The maximum absolute atomic E-state index is 13.5. The van der Waals surface area contributed by atoms with Crippen LogP contribution in [-0.4, -0.2) is 46.6 Å². The fourth-order valence-corrected chi connectivity index (χ4v) is 5.61. The van der Waals surface area contributed by atoms with Crippen molar-refractivity contribution in [1.29, 1.82) is 0 Å². The van der Waals surface area contributed by atoms with Crippen LogP contribution < -0.4 is 14.2 Å². The molecule has 3 atom stereocenters. The van der Waals surface area contributed by atoms with Crippen LogP contribution in [0.15, 0.2) is 42.5 Å². The standard InChI is InChI=1S/C27H31NO6/c1-2-32-23-16-19(8-9-21(23)29)26-20-5-3-4-12-27(20,31)13-14-28(26)25(30)11-7-18-6-10-22-24(15-18)34-17-33-22/h6-11,15-16,20,26,29,31H,2-5,12-14,17H2,1H3/b11-7+/t20-,26-,27-/m0/s1. The van der Waals surface area contributed by atoms with E-state index >= 15 is 0 Å². The zero-order valence-corrected chi connectivity index (χ0v) is 19.4. The summed E-state index contributed by atoms with van der Waals surface area (Å²) in [7, 11) is 0. The van der Waals surface area contributed by atoms with Crippen molar-refractivity contribution in [3.8, 4) is 23.0 Å². The maximum atomic E-state index is 13.5. The highest BCUT2D eigenvalue weighted by Gasteiger charge is 2.50. The minimum absolute atomic E-state index is 0.0703. The Labute approximate surface area is 199 Å². The van der Waals surface area contributed by atoms with E-state index in [-0.39, 0.29) is 30.4 Å². The van der Waals surface area contributed by atoms with Gasteiger partial charge in [0.05, 0.1) is 18.2 Å². The van der Waals surface area contributed by atoms with Crippen molar-refractivity contribution in [2.45, 2.75) is 50.7 Å². The molecule has 1 amide bonds. The molecule has 2 aromatic carbocycles. The summed E-state index contributed by atoms with van der Waals surface area (Å²) in [6.45, 7) is 2.96.